The number of nitrogens with one attached hydrogen (secondary N) is 1. The highest BCUT2D eigenvalue weighted by atomic mass is 16.5. The lowest BCUT2D eigenvalue weighted by Gasteiger charge is -2.20. The number of benzene rings is 2. The molecule has 2 N–H and O–H groups in total. The molecule has 0 spiro atoms. The van der Waals surface area contributed by atoms with Crippen LogP contribution in [0.4, 0.5) is 0 Å². The Labute approximate surface area is 129 Å². The summed E-state index contributed by atoms with van der Waals surface area (Å²) in [5, 5.41) is 8.77. The van der Waals surface area contributed by atoms with Crippen molar-refractivity contribution >= 4 is 5.91 Å². The molecular formula is C17H18N2O3. The third-order valence-corrected chi connectivity index (χ3v) is 3.79. The Morgan fingerprint density at radius 2 is 2.05 bits per heavy atom. The van der Waals surface area contributed by atoms with Gasteiger partial charge in [0, 0.05) is 24.2 Å². The van der Waals surface area contributed by atoms with E-state index in [0.717, 1.165) is 24.2 Å². The summed E-state index contributed by atoms with van der Waals surface area (Å²) in [6, 6.07) is 15.2. The topological polar surface area (TPSA) is 61.8 Å². The van der Waals surface area contributed by atoms with E-state index in [9.17, 15) is 4.79 Å². The van der Waals surface area contributed by atoms with Crippen molar-refractivity contribution in [3.05, 3.63) is 65.2 Å². The average molecular weight is 298 g/mol. The molecule has 0 aliphatic carbocycles. The van der Waals surface area contributed by atoms with Gasteiger partial charge in [-0.2, -0.15) is 0 Å². The lowest BCUT2D eigenvalue weighted by atomic mass is 10.1. The number of amides is 1. The van der Waals surface area contributed by atoms with Crippen LogP contribution in [0.3, 0.4) is 0 Å². The molecule has 5 nitrogen and oxygen atoms in total. The van der Waals surface area contributed by atoms with Gasteiger partial charge in [0.2, 0.25) is 0 Å². The molecule has 1 heterocycles. The molecule has 114 valence electrons. The van der Waals surface area contributed by atoms with E-state index < -0.39 is 5.91 Å². The second kappa shape index (κ2) is 6.17. The highest BCUT2D eigenvalue weighted by Crippen LogP contribution is 2.31. The fourth-order valence-electron chi connectivity index (χ4n) is 2.67. The minimum atomic E-state index is -0.541. The molecule has 0 fully saturated rings. The van der Waals surface area contributed by atoms with E-state index >= 15 is 0 Å². The van der Waals surface area contributed by atoms with Gasteiger partial charge >= 0.3 is 0 Å². The van der Waals surface area contributed by atoms with Crippen LogP contribution < -0.4 is 10.2 Å². The molecule has 2 aromatic carbocycles. The number of carbonyl (C=O) groups is 1. The number of hydrogen-bond donors (Lipinski definition) is 2. The van der Waals surface area contributed by atoms with Crippen molar-refractivity contribution in [1.82, 2.24) is 10.4 Å². The molecule has 5 heteroatoms. The molecule has 0 radical (unpaired) electrons. The Kier molecular flexibility index (Phi) is 4.09. The summed E-state index contributed by atoms with van der Waals surface area (Å²) >= 11 is 0. The zero-order valence-electron chi connectivity index (χ0n) is 12.3. The van der Waals surface area contributed by atoms with Crippen molar-refractivity contribution in [2.75, 3.05) is 13.6 Å². The number of nitrogens with zero attached hydrogens (tertiary/aromatic N) is 1. The Hall–Kier alpha value is -2.37. The molecule has 0 bridgehead atoms. The van der Waals surface area contributed by atoms with Crippen molar-refractivity contribution in [2.24, 2.45) is 0 Å². The second-order valence-corrected chi connectivity index (χ2v) is 5.48. The van der Waals surface area contributed by atoms with Gasteiger partial charge in [0.25, 0.3) is 5.91 Å². The molecule has 0 saturated carbocycles. The van der Waals surface area contributed by atoms with Gasteiger partial charge in [-0.3, -0.25) is 14.9 Å². The summed E-state index contributed by atoms with van der Waals surface area (Å²) < 4.78 is 6.15. The predicted octanol–water partition coefficient (Wildman–Crippen LogP) is 2.37. The molecule has 1 atom stereocenters. The first-order chi connectivity index (χ1) is 10.7. The summed E-state index contributed by atoms with van der Waals surface area (Å²) in [6.45, 7) is 1.51. The highest BCUT2D eigenvalue weighted by Gasteiger charge is 2.23. The van der Waals surface area contributed by atoms with Crippen molar-refractivity contribution in [2.45, 2.75) is 12.6 Å². The summed E-state index contributed by atoms with van der Waals surface area (Å²) in [4.78, 5) is 13.8. The number of hydroxylamine groups is 1. The van der Waals surface area contributed by atoms with Gasteiger partial charge in [0.05, 0.1) is 0 Å². The van der Waals surface area contributed by atoms with E-state index in [4.69, 9.17) is 9.94 Å². The van der Waals surface area contributed by atoms with Gasteiger partial charge in [0.1, 0.15) is 11.9 Å². The third-order valence-electron chi connectivity index (χ3n) is 3.79. The van der Waals surface area contributed by atoms with Gasteiger partial charge in [0.15, 0.2) is 0 Å². The summed E-state index contributed by atoms with van der Waals surface area (Å²) in [6.07, 6.45) is -0.0973. The van der Waals surface area contributed by atoms with E-state index in [1.165, 1.54) is 0 Å². The number of fused-ring (bicyclic) bond motifs is 1. The molecule has 1 amide bonds. The molecule has 1 aliphatic rings. The van der Waals surface area contributed by atoms with Gasteiger partial charge in [-0.05, 0) is 24.7 Å². The molecule has 1 aliphatic heterocycles. The number of hydrogen-bond acceptors (Lipinski definition) is 4. The van der Waals surface area contributed by atoms with Crippen molar-refractivity contribution in [3.63, 3.8) is 0 Å². The van der Waals surface area contributed by atoms with E-state index in [1.54, 1.807) is 17.6 Å². The van der Waals surface area contributed by atoms with Crippen LogP contribution in [0.15, 0.2) is 48.5 Å². The maximum Gasteiger partial charge on any atom is 0.274 e. The highest BCUT2D eigenvalue weighted by molar-refractivity contribution is 5.93. The van der Waals surface area contributed by atoms with Crippen LogP contribution in [-0.4, -0.2) is 29.6 Å². The van der Waals surface area contributed by atoms with E-state index in [-0.39, 0.29) is 6.10 Å². The molecule has 22 heavy (non-hydrogen) atoms. The maximum atomic E-state index is 11.6. The Morgan fingerprint density at radius 1 is 1.27 bits per heavy atom. The van der Waals surface area contributed by atoms with Gasteiger partial charge < -0.3 is 4.74 Å². The van der Waals surface area contributed by atoms with Crippen LogP contribution in [0, 0.1) is 0 Å². The van der Waals surface area contributed by atoms with E-state index in [0.29, 0.717) is 11.3 Å². The van der Waals surface area contributed by atoms with Crippen molar-refractivity contribution < 1.29 is 14.7 Å². The van der Waals surface area contributed by atoms with Gasteiger partial charge in [-0.1, -0.05) is 36.4 Å². The first-order valence-electron chi connectivity index (χ1n) is 7.15. The van der Waals surface area contributed by atoms with Crippen molar-refractivity contribution in [3.8, 4) is 5.75 Å². The smallest absolute Gasteiger partial charge is 0.274 e. The molecule has 3 rings (SSSR count). The average Bonchev–Trinajstić information content (AvgIpc) is 2.72. The minimum Gasteiger partial charge on any atom is -0.484 e. The first-order valence-corrected chi connectivity index (χ1v) is 7.15. The van der Waals surface area contributed by atoms with Crippen LogP contribution in [0.1, 0.15) is 27.6 Å². The standard InChI is InChI=1S/C17H18N2O3/c1-19-10-14-8-7-13(17(20)18-21)9-15(14)22-16(11-19)12-5-3-2-4-6-12/h2-9,16,21H,10-11H2,1H3,(H,18,20)/t16-/m1/s1. The Balaban J connectivity index is 1.96. The van der Waals surface area contributed by atoms with E-state index in [2.05, 4.69) is 4.90 Å². The van der Waals surface area contributed by atoms with Crippen molar-refractivity contribution in [1.29, 1.82) is 0 Å². The lowest BCUT2D eigenvalue weighted by molar-refractivity contribution is 0.0705. The summed E-state index contributed by atoms with van der Waals surface area (Å²) in [5.74, 6) is 0.138. The van der Waals surface area contributed by atoms with Crippen LogP contribution in [0.2, 0.25) is 0 Å². The third kappa shape index (κ3) is 2.95. The number of likely N-dealkylation sites (N-methyl/N-ethyl adjacent to an activating group) is 1. The van der Waals surface area contributed by atoms with Crippen LogP contribution >= 0.6 is 0 Å². The lowest BCUT2D eigenvalue weighted by Crippen LogP contribution is -2.24. The second-order valence-electron chi connectivity index (χ2n) is 5.48. The molecule has 0 saturated heterocycles. The molecule has 2 aromatic rings. The van der Waals surface area contributed by atoms with Crippen LogP contribution in [0.5, 0.6) is 5.75 Å². The summed E-state index contributed by atoms with van der Waals surface area (Å²) in [5.41, 5.74) is 4.14. The molecule has 0 unspecified atom stereocenters. The number of rotatable bonds is 2. The number of carbonyl (C=O) groups excluding carboxylic acids is 1. The zero-order valence-corrected chi connectivity index (χ0v) is 12.3. The quantitative estimate of drug-likeness (QED) is 0.660. The largest absolute Gasteiger partial charge is 0.484 e. The Bertz CT molecular complexity index is 673. The zero-order chi connectivity index (χ0) is 15.5. The van der Waals surface area contributed by atoms with Gasteiger partial charge in [-0.15, -0.1) is 0 Å². The molecule has 0 aromatic heterocycles. The van der Waals surface area contributed by atoms with E-state index in [1.807, 2.05) is 43.4 Å². The monoisotopic (exact) mass is 298 g/mol. The minimum absolute atomic E-state index is 0.0973. The fraction of sp³-hybridized carbons (Fsp3) is 0.235. The van der Waals surface area contributed by atoms with Gasteiger partial charge in [-0.25, -0.2) is 5.48 Å². The predicted molar refractivity (Wildman–Crippen MR) is 81.8 cm³/mol. The normalized spacial score (nSPS) is 18.0. The van der Waals surface area contributed by atoms with Crippen LogP contribution in [-0.2, 0) is 6.54 Å². The fourth-order valence-corrected chi connectivity index (χ4v) is 2.67. The van der Waals surface area contributed by atoms with Crippen LogP contribution in [0.25, 0.3) is 0 Å². The Morgan fingerprint density at radius 3 is 2.77 bits per heavy atom. The first kappa shape index (κ1) is 14.6. The summed E-state index contributed by atoms with van der Waals surface area (Å²) in [7, 11) is 2.04. The SMILES string of the molecule is CN1Cc2ccc(C(=O)NO)cc2O[C@@H](c2ccccc2)C1. The molecular weight excluding hydrogens is 280 g/mol. The maximum absolute atomic E-state index is 11.6. The number of ether oxygens (including phenoxy) is 1.